The molecule has 3 aromatic carbocycles. The standard InChI is InChI=1S/C27H21Cl2N3O3/c1-35-25-16-18(30-26(33)20-10-8-17(28)15-22(20)29)9-11-21(25)27(34)32-14-12-19-5-4-13-31(19)23-6-2-3-7-24(23)32/h2-11,13,15-16H,12,14H2,1H3,(H,30,33). The van der Waals surface area contributed by atoms with E-state index >= 15 is 0 Å². The van der Waals surface area contributed by atoms with E-state index in [0.29, 0.717) is 40.6 Å². The van der Waals surface area contributed by atoms with Crippen LogP contribution in [0.3, 0.4) is 0 Å². The molecule has 35 heavy (non-hydrogen) atoms. The molecule has 0 unspecified atom stereocenters. The number of carbonyl (C=O) groups is 2. The zero-order chi connectivity index (χ0) is 24.5. The first-order chi connectivity index (χ1) is 17.0. The molecule has 6 nitrogen and oxygen atoms in total. The van der Waals surface area contributed by atoms with E-state index in [2.05, 4.69) is 16.0 Å². The lowest BCUT2D eigenvalue weighted by atomic mass is 10.1. The first-order valence-electron chi connectivity index (χ1n) is 11.0. The van der Waals surface area contributed by atoms with Crippen LogP contribution >= 0.6 is 23.2 Å². The van der Waals surface area contributed by atoms with Crippen LogP contribution in [0.25, 0.3) is 5.69 Å². The van der Waals surface area contributed by atoms with Crippen LogP contribution in [0.2, 0.25) is 10.0 Å². The molecule has 0 fully saturated rings. The Labute approximate surface area is 212 Å². The number of benzene rings is 3. The maximum absolute atomic E-state index is 13.7. The van der Waals surface area contributed by atoms with Gasteiger partial charge in [0.1, 0.15) is 5.75 Å². The van der Waals surface area contributed by atoms with Crippen LogP contribution in [-0.2, 0) is 6.42 Å². The van der Waals surface area contributed by atoms with Gasteiger partial charge in [-0.25, -0.2) is 0 Å². The zero-order valence-electron chi connectivity index (χ0n) is 18.8. The predicted octanol–water partition coefficient (Wildman–Crippen LogP) is 6.25. The summed E-state index contributed by atoms with van der Waals surface area (Å²) in [5.74, 6) is -0.217. The molecule has 0 saturated heterocycles. The molecule has 0 bridgehead atoms. The lowest BCUT2D eigenvalue weighted by molar-refractivity contribution is 0.0983. The molecule has 2 amide bonds. The Kier molecular flexibility index (Phi) is 6.24. The van der Waals surface area contributed by atoms with Gasteiger partial charge in [-0.15, -0.1) is 0 Å². The third-order valence-corrected chi connectivity index (χ3v) is 6.52. The summed E-state index contributed by atoms with van der Waals surface area (Å²) < 4.78 is 7.65. The van der Waals surface area contributed by atoms with Crippen LogP contribution in [0.5, 0.6) is 5.75 Å². The number of para-hydroxylation sites is 2. The smallest absolute Gasteiger partial charge is 0.262 e. The number of carbonyl (C=O) groups excluding carboxylic acids is 2. The fourth-order valence-electron chi connectivity index (χ4n) is 4.27. The average molecular weight is 506 g/mol. The molecule has 0 spiro atoms. The molecule has 8 heteroatoms. The average Bonchev–Trinajstić information content (AvgIpc) is 3.26. The summed E-state index contributed by atoms with van der Waals surface area (Å²) in [7, 11) is 1.50. The maximum Gasteiger partial charge on any atom is 0.262 e. The number of nitrogens with zero attached hydrogens (tertiary/aromatic N) is 2. The Balaban J connectivity index is 1.44. The van der Waals surface area contributed by atoms with E-state index < -0.39 is 5.91 Å². The lowest BCUT2D eigenvalue weighted by Crippen LogP contribution is -2.32. The van der Waals surface area contributed by atoms with Crippen LogP contribution in [0.15, 0.2) is 79.0 Å². The first-order valence-corrected chi connectivity index (χ1v) is 11.7. The molecule has 0 aliphatic carbocycles. The number of hydrogen-bond acceptors (Lipinski definition) is 3. The highest BCUT2D eigenvalue weighted by molar-refractivity contribution is 6.37. The number of methoxy groups -OCH3 is 1. The second-order valence-electron chi connectivity index (χ2n) is 8.06. The van der Waals surface area contributed by atoms with Crippen molar-refractivity contribution in [3.05, 3.63) is 106 Å². The van der Waals surface area contributed by atoms with Gasteiger partial charge in [-0.1, -0.05) is 35.3 Å². The van der Waals surface area contributed by atoms with Crippen LogP contribution in [0.4, 0.5) is 11.4 Å². The molecule has 1 aliphatic heterocycles. The summed E-state index contributed by atoms with van der Waals surface area (Å²) in [6, 6.07) is 21.5. The SMILES string of the molecule is COc1cc(NC(=O)c2ccc(Cl)cc2Cl)ccc1C(=O)N1CCc2cccn2-c2ccccc21. The van der Waals surface area contributed by atoms with Gasteiger partial charge in [0.15, 0.2) is 0 Å². The van der Waals surface area contributed by atoms with Crippen molar-refractivity contribution in [2.45, 2.75) is 6.42 Å². The number of aromatic nitrogens is 1. The second-order valence-corrected chi connectivity index (χ2v) is 8.90. The molecule has 0 saturated carbocycles. The molecular formula is C27H21Cl2N3O3. The number of halogens is 2. The Hall–Kier alpha value is -3.74. The third-order valence-electron chi connectivity index (χ3n) is 5.97. The summed E-state index contributed by atoms with van der Waals surface area (Å²) >= 11 is 12.1. The largest absolute Gasteiger partial charge is 0.496 e. The van der Waals surface area contributed by atoms with Gasteiger partial charge in [0.25, 0.3) is 11.8 Å². The third kappa shape index (κ3) is 4.38. The minimum absolute atomic E-state index is 0.182. The van der Waals surface area contributed by atoms with Crippen molar-refractivity contribution in [3.63, 3.8) is 0 Å². The molecule has 0 atom stereocenters. The van der Waals surface area contributed by atoms with E-state index in [1.165, 1.54) is 13.2 Å². The Morgan fingerprint density at radius 1 is 0.914 bits per heavy atom. The van der Waals surface area contributed by atoms with Crippen LogP contribution in [-0.4, -0.2) is 30.0 Å². The van der Waals surface area contributed by atoms with Gasteiger partial charge >= 0.3 is 0 Å². The van der Waals surface area contributed by atoms with Crippen molar-refractivity contribution < 1.29 is 14.3 Å². The quantitative estimate of drug-likeness (QED) is 0.356. The van der Waals surface area contributed by atoms with E-state index in [-0.39, 0.29) is 10.9 Å². The molecule has 176 valence electrons. The lowest BCUT2D eigenvalue weighted by Gasteiger charge is -2.24. The second kappa shape index (κ2) is 9.49. The fraction of sp³-hybridized carbons (Fsp3) is 0.111. The summed E-state index contributed by atoms with van der Waals surface area (Å²) in [4.78, 5) is 28.2. The zero-order valence-corrected chi connectivity index (χ0v) is 20.3. The van der Waals surface area contributed by atoms with E-state index in [1.807, 2.05) is 36.5 Å². The van der Waals surface area contributed by atoms with Gasteiger partial charge in [0, 0.05) is 41.6 Å². The summed E-state index contributed by atoms with van der Waals surface area (Å²) in [6.45, 7) is 0.524. The van der Waals surface area contributed by atoms with Crippen molar-refractivity contribution in [2.24, 2.45) is 0 Å². The van der Waals surface area contributed by atoms with Crippen molar-refractivity contribution in [2.75, 3.05) is 23.9 Å². The molecule has 1 N–H and O–H groups in total. The first kappa shape index (κ1) is 23.0. The van der Waals surface area contributed by atoms with Crippen LogP contribution in [0, 0.1) is 0 Å². The number of anilines is 2. The van der Waals surface area contributed by atoms with Crippen molar-refractivity contribution in [3.8, 4) is 11.4 Å². The van der Waals surface area contributed by atoms with Crippen LogP contribution in [0.1, 0.15) is 26.4 Å². The number of hydrogen-bond donors (Lipinski definition) is 1. The number of rotatable bonds is 4. The molecule has 5 rings (SSSR count). The molecule has 1 aromatic heterocycles. The summed E-state index contributed by atoms with van der Waals surface area (Å²) in [5.41, 5.74) is 4.07. The van der Waals surface area contributed by atoms with Crippen molar-refractivity contribution in [1.29, 1.82) is 0 Å². The van der Waals surface area contributed by atoms with Gasteiger partial charge in [-0.05, 0) is 54.6 Å². The van der Waals surface area contributed by atoms with Gasteiger partial charge < -0.3 is 19.5 Å². The number of fused-ring (bicyclic) bond motifs is 3. The molecule has 1 aliphatic rings. The van der Waals surface area contributed by atoms with Gasteiger partial charge in [0.05, 0.1) is 34.6 Å². The minimum Gasteiger partial charge on any atom is -0.496 e. The number of ether oxygens (including phenoxy) is 1. The fourth-order valence-corrected chi connectivity index (χ4v) is 4.77. The number of nitrogens with one attached hydrogen (secondary N) is 1. The van der Waals surface area contributed by atoms with E-state index in [1.54, 1.807) is 35.2 Å². The topological polar surface area (TPSA) is 63.6 Å². The molecular weight excluding hydrogens is 485 g/mol. The van der Waals surface area contributed by atoms with Crippen molar-refractivity contribution in [1.82, 2.24) is 4.57 Å². The number of amides is 2. The van der Waals surface area contributed by atoms with E-state index in [9.17, 15) is 9.59 Å². The molecule has 2 heterocycles. The normalized spacial score (nSPS) is 12.4. The van der Waals surface area contributed by atoms with Gasteiger partial charge in [-0.3, -0.25) is 9.59 Å². The minimum atomic E-state index is -0.392. The Morgan fingerprint density at radius 2 is 1.69 bits per heavy atom. The van der Waals surface area contributed by atoms with Gasteiger partial charge in [0.2, 0.25) is 0 Å². The highest BCUT2D eigenvalue weighted by Gasteiger charge is 2.26. The van der Waals surface area contributed by atoms with E-state index in [4.69, 9.17) is 27.9 Å². The predicted molar refractivity (Wildman–Crippen MR) is 139 cm³/mol. The Bertz CT molecular complexity index is 1450. The summed E-state index contributed by atoms with van der Waals surface area (Å²) in [5, 5.41) is 3.49. The highest BCUT2D eigenvalue weighted by Crippen LogP contribution is 2.33. The highest BCUT2D eigenvalue weighted by atomic mass is 35.5. The monoisotopic (exact) mass is 505 g/mol. The van der Waals surface area contributed by atoms with Gasteiger partial charge in [-0.2, -0.15) is 0 Å². The van der Waals surface area contributed by atoms with E-state index in [0.717, 1.165) is 17.1 Å². The molecule has 4 aromatic rings. The molecule has 0 radical (unpaired) electrons. The maximum atomic E-state index is 13.7. The Morgan fingerprint density at radius 3 is 2.46 bits per heavy atom. The van der Waals surface area contributed by atoms with Crippen LogP contribution < -0.4 is 15.0 Å². The summed E-state index contributed by atoms with van der Waals surface area (Å²) in [6.07, 6.45) is 2.72. The van der Waals surface area contributed by atoms with Crippen molar-refractivity contribution >= 4 is 46.4 Å².